The number of benzene rings is 2. The summed E-state index contributed by atoms with van der Waals surface area (Å²) in [6.07, 6.45) is 5.29. The van der Waals surface area contributed by atoms with Gasteiger partial charge in [-0.25, -0.2) is 4.79 Å². The average Bonchev–Trinajstić information content (AvgIpc) is 3.30. The van der Waals surface area contributed by atoms with Gasteiger partial charge in [-0.3, -0.25) is 29.9 Å². The molecule has 4 amide bonds. The largest absolute Gasteiger partial charge is 0.481 e. The molecule has 2 atom stereocenters. The minimum absolute atomic E-state index is 0.291. The van der Waals surface area contributed by atoms with Gasteiger partial charge in [0.1, 0.15) is 0 Å². The topological polar surface area (TPSA) is 132 Å². The third-order valence-corrected chi connectivity index (χ3v) is 7.61. The van der Waals surface area contributed by atoms with E-state index < -0.39 is 35.1 Å². The molecule has 4 N–H and O–H groups in total. The zero-order valence-corrected chi connectivity index (χ0v) is 20.6. The van der Waals surface area contributed by atoms with E-state index in [1.54, 1.807) is 37.3 Å². The molecule has 1 aromatic heterocycles. The van der Waals surface area contributed by atoms with Crippen LogP contribution in [0.15, 0.2) is 60.8 Å². The fourth-order valence-corrected chi connectivity index (χ4v) is 5.67. The molecule has 3 aromatic rings. The maximum Gasteiger partial charge on any atom is 0.328 e. The normalized spacial score (nSPS) is 22.2. The maximum atomic E-state index is 12.0. The van der Waals surface area contributed by atoms with Crippen molar-refractivity contribution in [2.45, 2.75) is 31.2 Å². The third kappa shape index (κ3) is 4.01. The number of urea groups is 1. The molecule has 2 aliphatic heterocycles. The fourth-order valence-electron chi connectivity index (χ4n) is 5.67. The van der Waals surface area contributed by atoms with Gasteiger partial charge in [0.15, 0.2) is 5.41 Å². The first-order valence-corrected chi connectivity index (χ1v) is 12.2. The van der Waals surface area contributed by atoms with E-state index in [9.17, 15) is 24.3 Å². The molecule has 1 fully saturated rings. The zero-order valence-electron chi connectivity index (χ0n) is 20.6. The van der Waals surface area contributed by atoms with Gasteiger partial charge < -0.3 is 10.1 Å². The second-order valence-electron chi connectivity index (χ2n) is 9.63. The standard InChI is InChI=1S/C16H16N2O2.C12H12N2O3/c1-18-8-10(16(19)20)5-12-11-3-2-4-13-15(11)9(7-17-13)6-14(12)18;1-2-12(8-6-4-3-5-7-8)9(15)13-11(17)14-10(12)16/h2-5,7,10,14,17H,6,8H2,1H3,(H,19,20);3-7H,2H2,1H3,(H2,13,14,15,16,17)/t10-,14-;/m1./s1. The Kier molecular flexibility index (Phi) is 6.16. The Morgan fingerprint density at radius 3 is 2.41 bits per heavy atom. The lowest BCUT2D eigenvalue weighted by Crippen LogP contribution is -2.64. The summed E-state index contributed by atoms with van der Waals surface area (Å²) in [5, 5.41) is 14.9. The first kappa shape index (κ1) is 24.5. The molecule has 37 heavy (non-hydrogen) atoms. The quantitative estimate of drug-likeness (QED) is 0.409. The number of hydrogen-bond acceptors (Lipinski definition) is 5. The second kappa shape index (κ2) is 9.33. The highest BCUT2D eigenvalue weighted by molar-refractivity contribution is 6.22. The summed E-state index contributed by atoms with van der Waals surface area (Å²) in [7, 11) is 2.02. The van der Waals surface area contributed by atoms with Crippen molar-refractivity contribution in [2.24, 2.45) is 5.92 Å². The number of nitrogens with zero attached hydrogens (tertiary/aromatic N) is 1. The summed E-state index contributed by atoms with van der Waals surface area (Å²) in [6.45, 7) is 2.32. The number of aromatic amines is 1. The van der Waals surface area contributed by atoms with Crippen molar-refractivity contribution in [1.82, 2.24) is 20.5 Å². The fraction of sp³-hybridized carbons (Fsp3) is 0.286. The summed E-state index contributed by atoms with van der Waals surface area (Å²) in [4.78, 5) is 51.8. The van der Waals surface area contributed by atoms with Gasteiger partial charge in [-0.2, -0.15) is 0 Å². The number of hydrogen-bond donors (Lipinski definition) is 4. The second-order valence-corrected chi connectivity index (χ2v) is 9.63. The van der Waals surface area contributed by atoms with Crippen LogP contribution < -0.4 is 10.6 Å². The van der Waals surface area contributed by atoms with Crippen LogP contribution in [0.1, 0.15) is 30.0 Å². The Hall–Kier alpha value is -4.24. The molecule has 190 valence electrons. The van der Waals surface area contributed by atoms with Gasteiger partial charge in [0.2, 0.25) is 11.8 Å². The van der Waals surface area contributed by atoms with Crippen LogP contribution in [-0.4, -0.2) is 58.4 Å². The molecular weight excluding hydrogens is 472 g/mol. The van der Waals surface area contributed by atoms with E-state index in [2.05, 4.69) is 38.8 Å². The summed E-state index contributed by atoms with van der Waals surface area (Å²) < 4.78 is 0. The first-order valence-electron chi connectivity index (χ1n) is 12.2. The van der Waals surface area contributed by atoms with Gasteiger partial charge in [-0.1, -0.05) is 55.5 Å². The predicted octanol–water partition coefficient (Wildman–Crippen LogP) is 2.82. The molecule has 0 radical (unpaired) electrons. The summed E-state index contributed by atoms with van der Waals surface area (Å²) >= 11 is 0. The highest BCUT2D eigenvalue weighted by Crippen LogP contribution is 2.40. The van der Waals surface area contributed by atoms with Gasteiger partial charge in [0.05, 0.1) is 5.92 Å². The van der Waals surface area contributed by atoms with Crippen molar-refractivity contribution in [3.63, 3.8) is 0 Å². The SMILES string of the molecule is CCC1(c2ccccc2)C(=O)NC(=O)NC1=O.CN1C[C@H](C(=O)O)C=C2c3cccc4[nH]cc(c34)C[C@H]21. The van der Waals surface area contributed by atoms with E-state index in [0.717, 1.165) is 11.9 Å². The van der Waals surface area contributed by atoms with E-state index in [4.69, 9.17) is 0 Å². The Morgan fingerprint density at radius 2 is 1.76 bits per heavy atom. The van der Waals surface area contributed by atoms with E-state index in [1.807, 2.05) is 19.2 Å². The number of carbonyl (C=O) groups excluding carboxylic acids is 3. The van der Waals surface area contributed by atoms with Crippen molar-refractivity contribution >= 4 is 40.3 Å². The number of imide groups is 2. The minimum Gasteiger partial charge on any atom is -0.481 e. The molecule has 0 bridgehead atoms. The number of likely N-dealkylation sites (N-methyl/N-ethyl adjacent to an activating group) is 1. The lowest BCUT2D eigenvalue weighted by Gasteiger charge is -2.38. The lowest BCUT2D eigenvalue weighted by atomic mass is 9.75. The Balaban J connectivity index is 0.000000154. The predicted molar refractivity (Wildman–Crippen MR) is 138 cm³/mol. The molecule has 2 aromatic carbocycles. The number of aliphatic carboxylic acids is 1. The molecule has 1 saturated heterocycles. The maximum absolute atomic E-state index is 12.0. The van der Waals surface area contributed by atoms with Crippen LogP contribution in [-0.2, 0) is 26.2 Å². The number of carboxylic acid groups (broad SMARTS) is 1. The zero-order chi connectivity index (χ0) is 26.3. The van der Waals surface area contributed by atoms with Crippen LogP contribution in [0.25, 0.3) is 16.5 Å². The lowest BCUT2D eigenvalue weighted by molar-refractivity contribution is -0.141. The van der Waals surface area contributed by atoms with Crippen LogP contribution in [0, 0.1) is 5.92 Å². The van der Waals surface area contributed by atoms with Crippen LogP contribution in [0.5, 0.6) is 0 Å². The highest BCUT2D eigenvalue weighted by atomic mass is 16.4. The van der Waals surface area contributed by atoms with E-state index in [0.29, 0.717) is 24.6 Å². The molecule has 0 saturated carbocycles. The molecule has 3 aliphatic rings. The number of rotatable bonds is 3. The van der Waals surface area contributed by atoms with Gasteiger partial charge in [-0.05, 0) is 48.2 Å². The number of H-pyrrole nitrogens is 1. The number of amides is 4. The van der Waals surface area contributed by atoms with E-state index >= 15 is 0 Å². The van der Waals surface area contributed by atoms with E-state index in [-0.39, 0.29) is 0 Å². The molecule has 1 aliphatic carbocycles. The molecule has 9 nitrogen and oxygen atoms in total. The first-order chi connectivity index (χ1) is 17.8. The van der Waals surface area contributed by atoms with Crippen molar-refractivity contribution in [1.29, 1.82) is 0 Å². The average molecular weight is 501 g/mol. The molecule has 0 spiro atoms. The number of carbonyl (C=O) groups is 4. The van der Waals surface area contributed by atoms with Crippen molar-refractivity contribution in [3.8, 4) is 0 Å². The molecule has 6 rings (SSSR count). The van der Waals surface area contributed by atoms with Crippen molar-refractivity contribution < 1.29 is 24.3 Å². The van der Waals surface area contributed by atoms with E-state index in [1.165, 1.54) is 22.1 Å². The molecule has 3 heterocycles. The Labute approximate surface area is 213 Å². The number of carboxylic acids is 1. The van der Waals surface area contributed by atoms with Crippen LogP contribution in [0.4, 0.5) is 4.79 Å². The summed E-state index contributed by atoms with van der Waals surface area (Å²) in [5.41, 5.74) is 4.10. The Morgan fingerprint density at radius 1 is 1.05 bits per heavy atom. The minimum atomic E-state index is -1.31. The number of nitrogens with one attached hydrogen (secondary N) is 3. The smallest absolute Gasteiger partial charge is 0.328 e. The molecular formula is C28H28N4O5. The number of fused-ring (bicyclic) bond motifs is 2. The molecule has 0 unspecified atom stereocenters. The summed E-state index contributed by atoms with van der Waals surface area (Å²) in [5.74, 6) is -2.29. The third-order valence-electron chi connectivity index (χ3n) is 7.61. The van der Waals surface area contributed by atoms with Crippen LogP contribution in [0.3, 0.4) is 0 Å². The van der Waals surface area contributed by atoms with Gasteiger partial charge in [0.25, 0.3) is 0 Å². The number of aromatic nitrogens is 1. The Bertz CT molecular complexity index is 1420. The molecule has 9 heteroatoms. The van der Waals surface area contributed by atoms with Crippen molar-refractivity contribution in [3.05, 3.63) is 77.5 Å². The summed E-state index contributed by atoms with van der Waals surface area (Å²) in [6, 6.07) is 14.5. The monoisotopic (exact) mass is 500 g/mol. The van der Waals surface area contributed by atoms with Gasteiger partial charge in [0, 0.05) is 29.7 Å². The van der Waals surface area contributed by atoms with Crippen LogP contribution >= 0.6 is 0 Å². The van der Waals surface area contributed by atoms with Gasteiger partial charge >= 0.3 is 12.0 Å². The van der Waals surface area contributed by atoms with Crippen molar-refractivity contribution in [2.75, 3.05) is 13.6 Å². The van der Waals surface area contributed by atoms with Crippen LogP contribution in [0.2, 0.25) is 0 Å². The number of barbiturate groups is 1. The highest BCUT2D eigenvalue weighted by Gasteiger charge is 2.50. The van der Waals surface area contributed by atoms with Gasteiger partial charge in [-0.15, -0.1) is 0 Å².